The first-order valence-corrected chi connectivity index (χ1v) is 11.3. The van der Waals surface area contributed by atoms with Gasteiger partial charge in [0.25, 0.3) is 11.8 Å². The van der Waals surface area contributed by atoms with E-state index in [9.17, 15) is 27.6 Å². The molecule has 38 heavy (non-hydrogen) atoms. The van der Waals surface area contributed by atoms with Crippen LogP contribution in [0, 0.1) is 11.3 Å². The highest BCUT2D eigenvalue weighted by molar-refractivity contribution is 5.98. The van der Waals surface area contributed by atoms with Gasteiger partial charge in [0.05, 0.1) is 24.1 Å². The number of carboxylic acid groups (broad SMARTS) is 2. The van der Waals surface area contributed by atoms with Crippen LogP contribution in [0.15, 0.2) is 48.5 Å². The lowest BCUT2D eigenvalue weighted by molar-refractivity contribution is -0.192. The molecule has 1 aliphatic rings. The second-order valence-corrected chi connectivity index (χ2v) is 8.10. The molecule has 1 heterocycles. The van der Waals surface area contributed by atoms with Gasteiger partial charge >= 0.3 is 18.1 Å². The lowest BCUT2D eigenvalue weighted by Crippen LogP contribution is -2.40. The fourth-order valence-corrected chi connectivity index (χ4v) is 3.35. The van der Waals surface area contributed by atoms with Crippen LogP contribution >= 0.6 is 0 Å². The number of halogens is 3. The summed E-state index contributed by atoms with van der Waals surface area (Å²) in [5.41, 5.74) is 1.25. The number of nitrogens with one attached hydrogen (secondary N) is 1. The van der Waals surface area contributed by atoms with Gasteiger partial charge in [-0.1, -0.05) is 6.07 Å². The Morgan fingerprint density at radius 2 is 1.61 bits per heavy atom. The van der Waals surface area contributed by atoms with Crippen molar-refractivity contribution in [2.24, 2.45) is 0 Å². The zero-order valence-corrected chi connectivity index (χ0v) is 19.9. The minimum atomic E-state index is -5.08. The number of hydrogen-bond donors (Lipinski definition) is 3. The minimum absolute atomic E-state index is 0.0544. The summed E-state index contributed by atoms with van der Waals surface area (Å²) in [6, 6.07) is 14.0. The van der Waals surface area contributed by atoms with Crippen molar-refractivity contribution in [3.05, 3.63) is 65.2 Å². The summed E-state index contributed by atoms with van der Waals surface area (Å²) in [4.78, 5) is 46.9. The van der Waals surface area contributed by atoms with Gasteiger partial charge in [-0.25, -0.2) is 4.79 Å². The van der Waals surface area contributed by atoms with Crippen LogP contribution in [-0.4, -0.2) is 70.8 Å². The van der Waals surface area contributed by atoms with E-state index in [1.807, 2.05) is 6.07 Å². The number of carbonyl (C=O) groups is 4. The molecule has 202 valence electrons. The molecule has 2 amide bonds. The van der Waals surface area contributed by atoms with E-state index in [4.69, 9.17) is 25.0 Å². The molecule has 0 bridgehead atoms. The fourth-order valence-electron chi connectivity index (χ4n) is 3.35. The van der Waals surface area contributed by atoms with Crippen LogP contribution in [0.3, 0.4) is 0 Å². The number of aliphatic carboxylic acids is 2. The zero-order valence-electron chi connectivity index (χ0n) is 19.9. The predicted octanol–water partition coefficient (Wildman–Crippen LogP) is 3.08. The molecule has 2 aromatic rings. The highest BCUT2D eigenvalue weighted by Gasteiger charge is 2.38. The third-order valence-electron chi connectivity index (χ3n) is 5.20. The zero-order chi connectivity index (χ0) is 28.3. The predicted molar refractivity (Wildman–Crippen MR) is 125 cm³/mol. The largest absolute Gasteiger partial charge is 0.491 e. The van der Waals surface area contributed by atoms with Crippen LogP contribution in [0.25, 0.3) is 0 Å². The quantitative estimate of drug-likeness (QED) is 0.466. The maximum absolute atomic E-state index is 12.6. The van der Waals surface area contributed by atoms with Crippen LogP contribution in [0.2, 0.25) is 0 Å². The monoisotopic (exact) mass is 535 g/mol. The molecule has 3 N–H and O–H groups in total. The van der Waals surface area contributed by atoms with Crippen LogP contribution < -0.4 is 10.1 Å². The summed E-state index contributed by atoms with van der Waals surface area (Å²) in [6.45, 7) is 1.42. The van der Waals surface area contributed by atoms with E-state index in [-0.39, 0.29) is 18.9 Å². The lowest BCUT2D eigenvalue weighted by atomic mass is 10.1. The van der Waals surface area contributed by atoms with Crippen molar-refractivity contribution in [1.82, 2.24) is 10.2 Å². The standard InChI is InChI=1S/C23H23N3O5.C2HF3O2/c24-14-16-4-3-5-20(12-16)31-15-19(13-21(27)28)25-22(29)17-6-8-18(9-7-17)23(30)26-10-1-2-11-26;3-2(4,5)1(6)7/h3-9,12,19H,1-2,10-11,13,15H2,(H,25,29)(H,27,28);(H,6,7)/t19-;/m1./s1. The molecule has 0 aliphatic carbocycles. The SMILES string of the molecule is N#Cc1cccc(OC[C@@H](CC(=O)O)NC(=O)c2ccc(C(=O)N3CCCC3)cc2)c1.O=C(O)C(F)(F)F. The van der Waals surface area contributed by atoms with Crippen LogP contribution in [0.1, 0.15) is 45.5 Å². The number of ether oxygens (including phenoxy) is 1. The van der Waals surface area contributed by atoms with Gasteiger partial charge in [0, 0.05) is 24.2 Å². The Hall–Kier alpha value is -4.60. The average molecular weight is 535 g/mol. The van der Waals surface area contributed by atoms with E-state index in [0.717, 1.165) is 25.9 Å². The number of likely N-dealkylation sites (tertiary alicyclic amines) is 1. The van der Waals surface area contributed by atoms with Crippen LogP contribution in [0.5, 0.6) is 5.75 Å². The summed E-state index contributed by atoms with van der Waals surface area (Å²) in [6.07, 6.45) is -3.41. The third-order valence-corrected chi connectivity index (χ3v) is 5.20. The second kappa shape index (κ2) is 13.6. The molecule has 1 fully saturated rings. The second-order valence-electron chi connectivity index (χ2n) is 8.10. The number of nitrogens with zero attached hydrogens (tertiary/aromatic N) is 2. The van der Waals surface area contributed by atoms with Crippen molar-refractivity contribution in [3.8, 4) is 11.8 Å². The van der Waals surface area contributed by atoms with Crippen molar-refractivity contribution in [1.29, 1.82) is 5.26 Å². The van der Waals surface area contributed by atoms with E-state index < -0.39 is 30.1 Å². The van der Waals surface area contributed by atoms with E-state index in [0.29, 0.717) is 22.4 Å². The van der Waals surface area contributed by atoms with E-state index in [1.54, 1.807) is 47.4 Å². The highest BCUT2D eigenvalue weighted by atomic mass is 19.4. The van der Waals surface area contributed by atoms with Gasteiger partial charge in [-0.15, -0.1) is 0 Å². The topological polar surface area (TPSA) is 157 Å². The molecule has 1 saturated heterocycles. The van der Waals surface area contributed by atoms with Crippen molar-refractivity contribution in [2.45, 2.75) is 31.5 Å². The van der Waals surface area contributed by atoms with Gasteiger partial charge in [-0.2, -0.15) is 18.4 Å². The van der Waals surface area contributed by atoms with Gasteiger partial charge in [0.2, 0.25) is 0 Å². The summed E-state index contributed by atoms with van der Waals surface area (Å²) < 4.78 is 37.3. The number of nitriles is 1. The van der Waals surface area contributed by atoms with E-state index >= 15 is 0 Å². The first-order valence-electron chi connectivity index (χ1n) is 11.3. The fraction of sp³-hybridized carbons (Fsp3) is 0.320. The molecule has 3 rings (SSSR count). The smallest absolute Gasteiger partial charge is 0.490 e. The molecule has 2 aromatic carbocycles. The normalized spacial score (nSPS) is 13.4. The van der Waals surface area contributed by atoms with E-state index in [1.165, 1.54) is 6.07 Å². The average Bonchev–Trinajstić information content (AvgIpc) is 3.41. The molecular formula is C25H24F3N3O7. The third kappa shape index (κ3) is 9.45. The summed E-state index contributed by atoms with van der Waals surface area (Å²) >= 11 is 0. The van der Waals surface area contributed by atoms with Crippen molar-refractivity contribution < 1.29 is 47.3 Å². The number of benzene rings is 2. The number of rotatable bonds is 8. The molecule has 1 atom stereocenters. The Labute approximate surface area is 215 Å². The van der Waals surface area contributed by atoms with Crippen molar-refractivity contribution >= 4 is 23.8 Å². The molecule has 0 saturated carbocycles. The molecule has 13 heteroatoms. The number of carbonyl (C=O) groups excluding carboxylic acids is 2. The first kappa shape index (κ1) is 29.6. The first-order chi connectivity index (χ1) is 17.9. The summed E-state index contributed by atoms with van der Waals surface area (Å²) in [5, 5.41) is 27.9. The molecule has 0 unspecified atom stereocenters. The number of alkyl halides is 3. The molecular weight excluding hydrogens is 511 g/mol. The van der Waals surface area contributed by atoms with Crippen LogP contribution in [0.4, 0.5) is 13.2 Å². The minimum Gasteiger partial charge on any atom is -0.491 e. The maximum atomic E-state index is 12.6. The molecule has 10 nitrogen and oxygen atoms in total. The molecule has 0 spiro atoms. The Morgan fingerprint density at radius 3 is 2.13 bits per heavy atom. The van der Waals surface area contributed by atoms with E-state index in [2.05, 4.69) is 5.32 Å². The Bertz CT molecular complexity index is 1190. The number of carboxylic acids is 2. The number of amides is 2. The van der Waals surface area contributed by atoms with Gasteiger partial charge in [0.1, 0.15) is 12.4 Å². The summed E-state index contributed by atoms with van der Waals surface area (Å²) in [7, 11) is 0. The Morgan fingerprint density at radius 1 is 1.03 bits per heavy atom. The van der Waals surface area contributed by atoms with Gasteiger partial charge in [0.15, 0.2) is 0 Å². The highest BCUT2D eigenvalue weighted by Crippen LogP contribution is 2.16. The van der Waals surface area contributed by atoms with Gasteiger partial charge in [-0.05, 0) is 55.3 Å². The van der Waals surface area contributed by atoms with Crippen molar-refractivity contribution in [3.63, 3.8) is 0 Å². The lowest BCUT2D eigenvalue weighted by Gasteiger charge is -2.18. The summed E-state index contributed by atoms with van der Waals surface area (Å²) in [5.74, 6) is -3.94. The maximum Gasteiger partial charge on any atom is 0.490 e. The van der Waals surface area contributed by atoms with Crippen molar-refractivity contribution in [2.75, 3.05) is 19.7 Å². The molecule has 0 aromatic heterocycles. The molecule has 1 aliphatic heterocycles. The molecule has 0 radical (unpaired) electrons. The van der Waals surface area contributed by atoms with Gasteiger partial charge in [-0.3, -0.25) is 14.4 Å². The number of hydrogen-bond acceptors (Lipinski definition) is 6. The van der Waals surface area contributed by atoms with Crippen LogP contribution in [-0.2, 0) is 9.59 Å². The Kier molecular flexibility index (Phi) is 10.6. The Balaban J connectivity index is 0.000000638. The van der Waals surface area contributed by atoms with Gasteiger partial charge < -0.3 is 25.2 Å².